The maximum atomic E-state index is 14.0. The molecule has 0 spiro atoms. The first-order valence-electron chi connectivity index (χ1n) is 7.20. The molecule has 1 aromatic carbocycles. The van der Waals surface area contributed by atoms with Crippen molar-refractivity contribution < 1.29 is 13.6 Å². The molecule has 21 heavy (non-hydrogen) atoms. The van der Waals surface area contributed by atoms with E-state index < -0.39 is 17.0 Å². The van der Waals surface area contributed by atoms with Gasteiger partial charge >= 0.3 is 0 Å². The highest BCUT2D eigenvalue weighted by molar-refractivity contribution is 9.10. The highest BCUT2D eigenvalue weighted by atomic mass is 79.9. The summed E-state index contributed by atoms with van der Waals surface area (Å²) in [4.78, 5) is 12.6. The fourth-order valence-electron chi connectivity index (χ4n) is 2.81. The molecular formula is C16H20BrF2NO. The number of Topliss-reactive ketones (excluding diaryl/α,β-unsaturated/α-hetero) is 1. The van der Waals surface area contributed by atoms with Crippen molar-refractivity contribution in [2.75, 3.05) is 13.1 Å². The number of halogens is 3. The quantitative estimate of drug-likeness (QED) is 0.826. The van der Waals surface area contributed by atoms with E-state index in [-0.39, 0.29) is 28.2 Å². The van der Waals surface area contributed by atoms with E-state index in [0.29, 0.717) is 0 Å². The van der Waals surface area contributed by atoms with Gasteiger partial charge in [0.1, 0.15) is 17.4 Å². The van der Waals surface area contributed by atoms with Crippen molar-refractivity contribution in [3.63, 3.8) is 0 Å². The van der Waals surface area contributed by atoms with Crippen LogP contribution in [0.3, 0.4) is 0 Å². The summed E-state index contributed by atoms with van der Waals surface area (Å²) in [5.74, 6) is -1.26. The molecule has 1 atom stereocenters. The molecule has 1 unspecified atom stereocenters. The Balaban J connectivity index is 2.19. The lowest BCUT2D eigenvalue weighted by Crippen LogP contribution is -2.43. The van der Waals surface area contributed by atoms with Crippen molar-refractivity contribution in [2.45, 2.75) is 33.1 Å². The standard InChI is InChI=1S/C16H20BrF2NO/c1-16(2,10-4-3-7-20-9-10)14(21)8-11-13(18)6-5-12(17)15(11)19/h5-6,10,20H,3-4,7-9H2,1-2H3. The van der Waals surface area contributed by atoms with Gasteiger partial charge in [-0.3, -0.25) is 4.79 Å². The predicted molar refractivity (Wildman–Crippen MR) is 82.1 cm³/mol. The van der Waals surface area contributed by atoms with Crippen LogP contribution in [0, 0.1) is 23.0 Å². The van der Waals surface area contributed by atoms with Gasteiger partial charge < -0.3 is 5.32 Å². The molecule has 0 aliphatic carbocycles. The van der Waals surface area contributed by atoms with E-state index in [0.717, 1.165) is 25.9 Å². The number of rotatable bonds is 4. The highest BCUT2D eigenvalue weighted by Gasteiger charge is 2.37. The number of ketones is 1. The molecule has 1 saturated heterocycles. The van der Waals surface area contributed by atoms with Gasteiger partial charge in [0, 0.05) is 17.4 Å². The topological polar surface area (TPSA) is 29.1 Å². The third-order valence-electron chi connectivity index (χ3n) is 4.51. The fourth-order valence-corrected chi connectivity index (χ4v) is 3.19. The van der Waals surface area contributed by atoms with E-state index in [2.05, 4.69) is 21.2 Å². The fraction of sp³-hybridized carbons (Fsp3) is 0.562. The number of piperidine rings is 1. The molecule has 0 saturated carbocycles. The second-order valence-corrected chi connectivity index (χ2v) is 7.04. The van der Waals surface area contributed by atoms with Gasteiger partial charge in [0.25, 0.3) is 0 Å². The summed E-state index contributed by atoms with van der Waals surface area (Å²) in [6.07, 6.45) is 1.79. The third kappa shape index (κ3) is 3.51. The van der Waals surface area contributed by atoms with Crippen molar-refractivity contribution in [3.8, 4) is 0 Å². The summed E-state index contributed by atoms with van der Waals surface area (Å²) in [6, 6.07) is 2.50. The Morgan fingerprint density at radius 1 is 1.43 bits per heavy atom. The summed E-state index contributed by atoms with van der Waals surface area (Å²) in [6.45, 7) is 5.50. The minimum absolute atomic E-state index is 0.118. The SMILES string of the molecule is CC(C)(C(=O)Cc1c(F)ccc(Br)c1F)C1CCCNC1. The molecular weight excluding hydrogens is 340 g/mol. The normalized spacial score (nSPS) is 19.6. The zero-order chi connectivity index (χ0) is 15.6. The number of nitrogens with one attached hydrogen (secondary N) is 1. The van der Waals surface area contributed by atoms with Crippen molar-refractivity contribution in [1.82, 2.24) is 5.32 Å². The maximum absolute atomic E-state index is 14.0. The lowest BCUT2D eigenvalue weighted by molar-refractivity contribution is -0.129. The molecule has 2 rings (SSSR count). The average Bonchev–Trinajstić information content (AvgIpc) is 2.48. The van der Waals surface area contributed by atoms with E-state index in [1.54, 1.807) is 0 Å². The van der Waals surface area contributed by atoms with E-state index in [1.807, 2.05) is 13.8 Å². The van der Waals surface area contributed by atoms with E-state index in [4.69, 9.17) is 0 Å². The zero-order valence-electron chi connectivity index (χ0n) is 12.3. The molecule has 2 nitrogen and oxygen atoms in total. The van der Waals surface area contributed by atoms with Gasteiger partial charge in [-0.2, -0.15) is 0 Å². The molecule has 0 amide bonds. The molecule has 1 aromatic rings. The van der Waals surface area contributed by atoms with Crippen LogP contribution in [-0.4, -0.2) is 18.9 Å². The van der Waals surface area contributed by atoms with Crippen molar-refractivity contribution in [3.05, 3.63) is 33.8 Å². The van der Waals surface area contributed by atoms with E-state index in [9.17, 15) is 13.6 Å². The van der Waals surface area contributed by atoms with Crippen LogP contribution in [0.5, 0.6) is 0 Å². The Morgan fingerprint density at radius 2 is 2.14 bits per heavy atom. The molecule has 5 heteroatoms. The largest absolute Gasteiger partial charge is 0.316 e. The molecule has 1 fully saturated rings. The van der Waals surface area contributed by atoms with Crippen LogP contribution in [0.2, 0.25) is 0 Å². The van der Waals surface area contributed by atoms with Crippen LogP contribution in [0.4, 0.5) is 8.78 Å². The number of hydrogen-bond acceptors (Lipinski definition) is 2. The summed E-state index contributed by atoms with van der Waals surface area (Å²) in [5, 5.41) is 3.28. The molecule has 1 aliphatic rings. The number of carbonyl (C=O) groups is 1. The number of benzene rings is 1. The zero-order valence-corrected chi connectivity index (χ0v) is 13.9. The van der Waals surface area contributed by atoms with Crippen LogP contribution in [0.1, 0.15) is 32.3 Å². The molecule has 116 valence electrons. The van der Waals surface area contributed by atoms with E-state index in [1.165, 1.54) is 12.1 Å². The van der Waals surface area contributed by atoms with Gasteiger partial charge in [-0.15, -0.1) is 0 Å². The van der Waals surface area contributed by atoms with Crippen molar-refractivity contribution >= 4 is 21.7 Å². The van der Waals surface area contributed by atoms with Crippen LogP contribution in [0.25, 0.3) is 0 Å². The minimum Gasteiger partial charge on any atom is -0.316 e. The number of hydrogen-bond donors (Lipinski definition) is 1. The number of carbonyl (C=O) groups excluding carboxylic acids is 1. The Kier molecular flexibility index (Phi) is 5.15. The van der Waals surface area contributed by atoms with Crippen LogP contribution < -0.4 is 5.32 Å². The highest BCUT2D eigenvalue weighted by Crippen LogP contribution is 2.34. The van der Waals surface area contributed by atoms with Crippen LogP contribution in [-0.2, 0) is 11.2 Å². The molecule has 0 bridgehead atoms. The second-order valence-electron chi connectivity index (χ2n) is 6.19. The lowest BCUT2D eigenvalue weighted by Gasteiger charge is -2.36. The first kappa shape index (κ1) is 16.6. The average molecular weight is 360 g/mol. The van der Waals surface area contributed by atoms with Crippen molar-refractivity contribution in [1.29, 1.82) is 0 Å². The smallest absolute Gasteiger partial charge is 0.143 e. The summed E-state index contributed by atoms with van der Waals surface area (Å²) < 4.78 is 28.0. The molecule has 0 radical (unpaired) electrons. The maximum Gasteiger partial charge on any atom is 0.143 e. The summed E-state index contributed by atoms with van der Waals surface area (Å²) >= 11 is 3.03. The summed E-state index contributed by atoms with van der Waals surface area (Å²) in [5.41, 5.74) is -0.736. The Hall–Kier alpha value is -0.810. The Labute approximate surface area is 132 Å². The summed E-state index contributed by atoms with van der Waals surface area (Å²) in [7, 11) is 0. The Bertz CT molecular complexity index is 539. The third-order valence-corrected chi connectivity index (χ3v) is 5.12. The monoisotopic (exact) mass is 359 g/mol. The Morgan fingerprint density at radius 3 is 2.76 bits per heavy atom. The first-order valence-corrected chi connectivity index (χ1v) is 7.99. The van der Waals surface area contributed by atoms with Crippen LogP contribution >= 0.6 is 15.9 Å². The van der Waals surface area contributed by atoms with Gasteiger partial charge in [0.05, 0.1) is 4.47 Å². The van der Waals surface area contributed by atoms with Gasteiger partial charge in [0.15, 0.2) is 0 Å². The van der Waals surface area contributed by atoms with Crippen molar-refractivity contribution in [2.24, 2.45) is 11.3 Å². The van der Waals surface area contributed by atoms with Gasteiger partial charge in [-0.1, -0.05) is 13.8 Å². The van der Waals surface area contributed by atoms with Gasteiger partial charge in [-0.25, -0.2) is 8.78 Å². The lowest BCUT2D eigenvalue weighted by atomic mass is 9.71. The first-order chi connectivity index (χ1) is 9.84. The predicted octanol–water partition coefficient (Wildman–Crippen LogP) is 3.86. The van der Waals surface area contributed by atoms with Crippen LogP contribution in [0.15, 0.2) is 16.6 Å². The van der Waals surface area contributed by atoms with Gasteiger partial charge in [0.2, 0.25) is 0 Å². The molecule has 1 aliphatic heterocycles. The van der Waals surface area contributed by atoms with E-state index >= 15 is 0 Å². The molecule has 0 aromatic heterocycles. The van der Waals surface area contributed by atoms with Gasteiger partial charge in [-0.05, 0) is 59.9 Å². The second kappa shape index (κ2) is 6.53. The molecule has 1 N–H and O–H groups in total. The minimum atomic E-state index is -0.680. The molecule has 1 heterocycles.